The third-order valence-corrected chi connectivity index (χ3v) is 3.35. The summed E-state index contributed by atoms with van der Waals surface area (Å²) in [6.07, 6.45) is 1.60. The molecule has 1 aliphatic rings. The quantitative estimate of drug-likeness (QED) is 0.398. The van der Waals surface area contributed by atoms with Gasteiger partial charge in [-0.15, -0.1) is 0 Å². The average molecular weight is 294 g/mol. The molecule has 1 N–H and O–H groups in total. The number of hydrogen-bond donors (Lipinski definition) is 1. The van der Waals surface area contributed by atoms with Crippen LogP contribution in [0.1, 0.15) is 21.5 Å². The van der Waals surface area contributed by atoms with E-state index in [1.807, 2.05) is 0 Å². The average Bonchev–Trinajstić information content (AvgIpc) is 2.52. The van der Waals surface area contributed by atoms with E-state index in [1.165, 1.54) is 12.1 Å². The highest BCUT2D eigenvalue weighted by atomic mass is 16.6. The predicted octanol–water partition coefficient (Wildman–Crippen LogP) is 2.41. The van der Waals surface area contributed by atoms with Crippen LogP contribution in [0, 0.1) is 10.1 Å². The largest absolute Gasteiger partial charge is 0.288 e. The van der Waals surface area contributed by atoms with Crippen LogP contribution in [0.15, 0.2) is 48.5 Å². The lowest BCUT2D eigenvalue weighted by atomic mass is 9.93. The van der Waals surface area contributed by atoms with Crippen molar-refractivity contribution < 1.29 is 14.5 Å². The Morgan fingerprint density at radius 1 is 0.909 bits per heavy atom. The lowest BCUT2D eigenvalue weighted by molar-refractivity contribution is -0.384. The van der Waals surface area contributed by atoms with E-state index in [0.29, 0.717) is 22.3 Å². The molecule has 0 fully saturated rings. The second-order valence-corrected chi connectivity index (χ2v) is 4.74. The van der Waals surface area contributed by atoms with Crippen molar-refractivity contribution in [3.05, 3.63) is 75.3 Å². The van der Waals surface area contributed by atoms with E-state index in [-0.39, 0.29) is 5.69 Å². The van der Waals surface area contributed by atoms with Crippen LogP contribution < -0.4 is 5.32 Å². The van der Waals surface area contributed by atoms with E-state index in [1.54, 1.807) is 42.5 Å². The molecule has 0 unspecified atom stereocenters. The van der Waals surface area contributed by atoms with Crippen LogP contribution in [0.5, 0.6) is 0 Å². The number of amides is 2. The first-order valence-corrected chi connectivity index (χ1v) is 6.47. The van der Waals surface area contributed by atoms with Crippen LogP contribution in [-0.2, 0) is 4.79 Å². The zero-order chi connectivity index (χ0) is 15.7. The molecule has 0 saturated heterocycles. The summed E-state index contributed by atoms with van der Waals surface area (Å²) in [4.78, 5) is 34.0. The summed E-state index contributed by atoms with van der Waals surface area (Å²) < 4.78 is 0. The van der Waals surface area contributed by atoms with Gasteiger partial charge >= 0.3 is 0 Å². The maximum absolute atomic E-state index is 12.0. The van der Waals surface area contributed by atoms with Gasteiger partial charge in [-0.05, 0) is 35.4 Å². The highest BCUT2D eigenvalue weighted by Gasteiger charge is 2.26. The van der Waals surface area contributed by atoms with Gasteiger partial charge in [0.2, 0.25) is 0 Å². The number of nitrogens with zero attached hydrogens (tertiary/aromatic N) is 1. The van der Waals surface area contributed by atoms with Gasteiger partial charge in [0, 0.05) is 23.3 Å². The zero-order valence-electron chi connectivity index (χ0n) is 11.3. The number of rotatable bonds is 2. The molecule has 0 bridgehead atoms. The van der Waals surface area contributed by atoms with Crippen molar-refractivity contribution in [1.82, 2.24) is 5.32 Å². The Balaban J connectivity index is 2.06. The number of benzene rings is 2. The van der Waals surface area contributed by atoms with Gasteiger partial charge in [0.05, 0.1) is 4.92 Å². The minimum absolute atomic E-state index is 0.0224. The highest BCUT2D eigenvalue weighted by Crippen LogP contribution is 2.26. The SMILES string of the molecule is O=C1NC(=O)c2ccccc2/C1=C\c1ccc([N+](=O)[O-])cc1. The molecule has 0 saturated carbocycles. The first-order chi connectivity index (χ1) is 10.6. The molecule has 2 amide bonds. The first-order valence-electron chi connectivity index (χ1n) is 6.47. The van der Waals surface area contributed by atoms with Crippen LogP contribution in [0.2, 0.25) is 0 Å². The number of imide groups is 1. The van der Waals surface area contributed by atoms with Crippen molar-refractivity contribution >= 4 is 29.2 Å². The molecule has 0 atom stereocenters. The maximum Gasteiger partial charge on any atom is 0.269 e. The molecule has 6 heteroatoms. The number of nitro benzene ring substituents is 1. The molecule has 108 valence electrons. The number of nitrogens with one attached hydrogen (secondary N) is 1. The van der Waals surface area contributed by atoms with Crippen molar-refractivity contribution in [2.75, 3.05) is 0 Å². The first kappa shape index (κ1) is 13.7. The van der Waals surface area contributed by atoms with Gasteiger partial charge < -0.3 is 0 Å². The van der Waals surface area contributed by atoms with Crippen LogP contribution in [0.3, 0.4) is 0 Å². The molecule has 1 aliphatic heterocycles. The second kappa shape index (κ2) is 5.25. The zero-order valence-corrected chi connectivity index (χ0v) is 11.3. The van der Waals surface area contributed by atoms with E-state index in [4.69, 9.17) is 0 Å². The Bertz CT molecular complexity index is 822. The summed E-state index contributed by atoms with van der Waals surface area (Å²) in [5.41, 5.74) is 1.94. The van der Waals surface area contributed by atoms with Crippen LogP contribution >= 0.6 is 0 Å². The topological polar surface area (TPSA) is 89.3 Å². The van der Waals surface area contributed by atoms with Crippen LogP contribution in [0.25, 0.3) is 11.6 Å². The Kier molecular flexibility index (Phi) is 3.27. The van der Waals surface area contributed by atoms with Gasteiger partial charge in [-0.2, -0.15) is 0 Å². The molecule has 3 rings (SSSR count). The monoisotopic (exact) mass is 294 g/mol. The lowest BCUT2D eigenvalue weighted by Crippen LogP contribution is -2.36. The van der Waals surface area contributed by atoms with Crippen molar-refractivity contribution in [3.8, 4) is 0 Å². The van der Waals surface area contributed by atoms with Gasteiger partial charge in [-0.25, -0.2) is 0 Å². The number of carbonyl (C=O) groups is 2. The van der Waals surface area contributed by atoms with Gasteiger partial charge in [-0.1, -0.05) is 18.2 Å². The van der Waals surface area contributed by atoms with Crippen molar-refractivity contribution in [1.29, 1.82) is 0 Å². The predicted molar refractivity (Wildman–Crippen MR) is 79.9 cm³/mol. The Hall–Kier alpha value is -3.28. The molecule has 2 aromatic carbocycles. The summed E-state index contributed by atoms with van der Waals surface area (Å²) in [5, 5.41) is 12.9. The molecule has 0 aromatic heterocycles. The summed E-state index contributed by atoms with van der Waals surface area (Å²) in [6, 6.07) is 12.6. The van der Waals surface area contributed by atoms with E-state index in [2.05, 4.69) is 5.32 Å². The van der Waals surface area contributed by atoms with E-state index >= 15 is 0 Å². The molecule has 0 radical (unpaired) electrons. The lowest BCUT2D eigenvalue weighted by Gasteiger charge is -2.17. The van der Waals surface area contributed by atoms with Crippen LogP contribution in [0.4, 0.5) is 5.69 Å². The van der Waals surface area contributed by atoms with E-state index in [9.17, 15) is 19.7 Å². The molecule has 6 nitrogen and oxygen atoms in total. The number of nitro groups is 1. The molecular formula is C16H10N2O4. The summed E-state index contributed by atoms with van der Waals surface area (Å²) in [5.74, 6) is -0.913. The molecule has 0 spiro atoms. The molecule has 0 aliphatic carbocycles. The van der Waals surface area contributed by atoms with Crippen molar-refractivity contribution in [3.63, 3.8) is 0 Å². The number of carbonyl (C=O) groups excluding carboxylic acids is 2. The van der Waals surface area contributed by atoms with Gasteiger partial charge in [0.1, 0.15) is 0 Å². The molecule has 22 heavy (non-hydrogen) atoms. The Labute approximate surface area is 125 Å². The van der Waals surface area contributed by atoms with Crippen molar-refractivity contribution in [2.24, 2.45) is 0 Å². The Morgan fingerprint density at radius 2 is 1.55 bits per heavy atom. The van der Waals surface area contributed by atoms with Crippen molar-refractivity contribution in [2.45, 2.75) is 0 Å². The van der Waals surface area contributed by atoms with E-state index < -0.39 is 16.7 Å². The van der Waals surface area contributed by atoms with Gasteiger partial charge in [0.25, 0.3) is 17.5 Å². The standard InChI is InChI=1S/C16H10N2O4/c19-15-13-4-2-1-3-12(13)14(16(20)17-15)9-10-5-7-11(8-6-10)18(21)22/h1-9H,(H,17,19,20)/b14-9+. The van der Waals surface area contributed by atoms with Gasteiger partial charge in [0.15, 0.2) is 0 Å². The van der Waals surface area contributed by atoms with Crippen LogP contribution in [-0.4, -0.2) is 16.7 Å². The molecule has 1 heterocycles. The minimum Gasteiger partial charge on any atom is -0.288 e. The smallest absolute Gasteiger partial charge is 0.269 e. The van der Waals surface area contributed by atoms with Gasteiger partial charge in [-0.3, -0.25) is 25.0 Å². The number of hydrogen-bond acceptors (Lipinski definition) is 4. The summed E-state index contributed by atoms with van der Waals surface area (Å²) in [7, 11) is 0. The second-order valence-electron chi connectivity index (χ2n) is 4.74. The Morgan fingerprint density at radius 3 is 2.18 bits per heavy atom. The molecule has 2 aromatic rings. The fraction of sp³-hybridized carbons (Fsp3) is 0. The fourth-order valence-corrected chi connectivity index (χ4v) is 2.28. The number of fused-ring (bicyclic) bond motifs is 1. The summed E-state index contributed by atoms with van der Waals surface area (Å²) >= 11 is 0. The summed E-state index contributed by atoms with van der Waals surface area (Å²) in [6.45, 7) is 0. The molecular weight excluding hydrogens is 284 g/mol. The highest BCUT2D eigenvalue weighted by molar-refractivity contribution is 6.33. The third-order valence-electron chi connectivity index (χ3n) is 3.35. The number of non-ortho nitro benzene ring substituents is 1. The normalized spacial score (nSPS) is 15.4. The minimum atomic E-state index is -0.488. The third kappa shape index (κ3) is 2.37. The fourth-order valence-electron chi connectivity index (χ4n) is 2.28. The maximum atomic E-state index is 12.0. The van der Waals surface area contributed by atoms with E-state index in [0.717, 1.165) is 0 Å².